The number of benzene rings is 1. The number of nitrogens with zero attached hydrogens (tertiary/aromatic N) is 3. The molecule has 0 aliphatic heterocycles. The van der Waals surface area contributed by atoms with Crippen molar-refractivity contribution in [1.29, 1.82) is 0 Å². The average molecular weight is 360 g/mol. The van der Waals surface area contributed by atoms with E-state index in [2.05, 4.69) is 32.2 Å². The number of amides is 1. The normalized spacial score (nSPS) is 15.1. The molecule has 1 saturated carbocycles. The van der Waals surface area contributed by atoms with Gasteiger partial charge in [0, 0.05) is 26.1 Å². The topological polar surface area (TPSA) is 69.0 Å². The Kier molecular flexibility index (Phi) is 6.09. The lowest BCUT2D eigenvalue weighted by Crippen LogP contribution is -2.32. The molecule has 25 heavy (non-hydrogen) atoms. The highest BCUT2D eigenvalue weighted by Gasteiger charge is 2.27. The highest BCUT2D eigenvalue weighted by Crippen LogP contribution is 2.25. The monoisotopic (exact) mass is 360 g/mol. The van der Waals surface area contributed by atoms with E-state index in [1.165, 1.54) is 17.3 Å². The number of carbonyl (C=O) groups excluding carboxylic acids is 1. The van der Waals surface area contributed by atoms with Gasteiger partial charge >= 0.3 is 0 Å². The Morgan fingerprint density at radius 2 is 2.12 bits per heavy atom. The van der Waals surface area contributed by atoms with Crippen LogP contribution in [0, 0.1) is 0 Å². The molecule has 0 spiro atoms. The lowest BCUT2D eigenvalue weighted by molar-refractivity contribution is -0.120. The zero-order valence-corrected chi connectivity index (χ0v) is 15.5. The Labute approximate surface area is 152 Å². The maximum absolute atomic E-state index is 12.2. The summed E-state index contributed by atoms with van der Waals surface area (Å²) in [5.41, 5.74) is 1.18. The first-order valence-corrected chi connectivity index (χ1v) is 9.47. The minimum absolute atomic E-state index is 0.0680. The Balaban J connectivity index is 1.72. The number of carbonyl (C=O) groups is 1. The van der Waals surface area contributed by atoms with Crippen molar-refractivity contribution in [2.45, 2.75) is 49.2 Å². The summed E-state index contributed by atoms with van der Waals surface area (Å²) in [6.45, 7) is 3.16. The van der Waals surface area contributed by atoms with Gasteiger partial charge in [0.25, 0.3) is 0 Å². The lowest BCUT2D eigenvalue weighted by atomic mass is 10.1. The highest BCUT2D eigenvalue weighted by molar-refractivity contribution is 8.00. The van der Waals surface area contributed by atoms with Crippen LogP contribution in [0.4, 0.5) is 0 Å². The van der Waals surface area contributed by atoms with E-state index in [0.29, 0.717) is 25.6 Å². The van der Waals surface area contributed by atoms with Gasteiger partial charge in [-0.2, -0.15) is 0 Å². The van der Waals surface area contributed by atoms with Crippen LogP contribution in [0.5, 0.6) is 0 Å². The van der Waals surface area contributed by atoms with Crippen molar-refractivity contribution in [3.63, 3.8) is 0 Å². The lowest BCUT2D eigenvalue weighted by Gasteiger charge is -2.13. The van der Waals surface area contributed by atoms with Crippen LogP contribution in [0.3, 0.4) is 0 Å². The molecular weight excluding hydrogens is 336 g/mol. The van der Waals surface area contributed by atoms with Crippen molar-refractivity contribution in [1.82, 2.24) is 20.1 Å². The quantitative estimate of drug-likeness (QED) is 0.695. The van der Waals surface area contributed by atoms with Gasteiger partial charge < -0.3 is 14.6 Å². The fourth-order valence-electron chi connectivity index (χ4n) is 2.48. The number of methoxy groups -OCH3 is 1. The van der Waals surface area contributed by atoms with E-state index in [-0.39, 0.29) is 11.2 Å². The Bertz CT molecular complexity index is 700. The van der Waals surface area contributed by atoms with Gasteiger partial charge in [-0.3, -0.25) is 4.79 Å². The highest BCUT2D eigenvalue weighted by atomic mass is 32.2. The molecule has 0 bridgehead atoms. The van der Waals surface area contributed by atoms with Crippen molar-refractivity contribution in [2.24, 2.45) is 0 Å². The van der Waals surface area contributed by atoms with Crippen LogP contribution in [-0.4, -0.2) is 45.7 Å². The molecule has 0 saturated heterocycles. The molecule has 2 aromatic rings. The summed E-state index contributed by atoms with van der Waals surface area (Å²) in [5, 5.41) is 12.3. The molecule has 0 radical (unpaired) electrons. The molecule has 1 aromatic heterocycles. The first-order valence-electron chi connectivity index (χ1n) is 8.59. The summed E-state index contributed by atoms with van der Waals surface area (Å²) >= 11 is 1.45. The molecule has 1 aliphatic rings. The smallest absolute Gasteiger partial charge is 0.233 e. The number of rotatable bonds is 9. The maximum Gasteiger partial charge on any atom is 0.233 e. The molecule has 1 aromatic carbocycles. The minimum atomic E-state index is -0.198. The van der Waals surface area contributed by atoms with E-state index in [0.717, 1.165) is 23.8 Å². The SMILES string of the molecule is COCCn1c(Cc2ccccc2)nnc1SC(C)C(=O)NC1CC1. The Morgan fingerprint density at radius 1 is 1.36 bits per heavy atom. The molecule has 1 amide bonds. The summed E-state index contributed by atoms with van der Waals surface area (Å²) in [6, 6.07) is 10.6. The molecule has 1 heterocycles. The zero-order valence-electron chi connectivity index (χ0n) is 14.6. The van der Waals surface area contributed by atoms with Crippen LogP contribution in [0.2, 0.25) is 0 Å². The molecule has 6 nitrogen and oxygen atoms in total. The van der Waals surface area contributed by atoms with Crippen molar-refractivity contribution in [2.75, 3.05) is 13.7 Å². The number of aromatic nitrogens is 3. The molecule has 134 valence electrons. The molecular formula is C18H24N4O2S. The summed E-state index contributed by atoms with van der Waals surface area (Å²) in [7, 11) is 1.68. The van der Waals surface area contributed by atoms with Crippen molar-refractivity contribution < 1.29 is 9.53 Å². The van der Waals surface area contributed by atoms with Gasteiger partial charge in [-0.05, 0) is 25.3 Å². The molecule has 1 N–H and O–H groups in total. The average Bonchev–Trinajstić information content (AvgIpc) is 3.36. The van der Waals surface area contributed by atoms with Crippen LogP contribution in [0.25, 0.3) is 0 Å². The van der Waals surface area contributed by atoms with Gasteiger partial charge in [-0.1, -0.05) is 42.1 Å². The van der Waals surface area contributed by atoms with Crippen LogP contribution >= 0.6 is 11.8 Å². The maximum atomic E-state index is 12.2. The zero-order chi connectivity index (χ0) is 17.6. The fraction of sp³-hybridized carbons (Fsp3) is 0.500. The van der Waals surface area contributed by atoms with Gasteiger partial charge in [0.05, 0.1) is 11.9 Å². The van der Waals surface area contributed by atoms with Crippen LogP contribution in [0.15, 0.2) is 35.5 Å². The van der Waals surface area contributed by atoms with Crippen molar-refractivity contribution in [3.8, 4) is 0 Å². The second-order valence-corrected chi connectivity index (χ2v) is 7.56. The molecule has 1 aliphatic carbocycles. The van der Waals surface area contributed by atoms with E-state index in [4.69, 9.17) is 4.74 Å². The van der Waals surface area contributed by atoms with Crippen LogP contribution in [-0.2, 0) is 22.5 Å². The molecule has 1 fully saturated rings. The summed E-state index contributed by atoms with van der Waals surface area (Å²) in [5.74, 6) is 0.957. The van der Waals surface area contributed by atoms with Gasteiger partial charge in [-0.25, -0.2) is 0 Å². The van der Waals surface area contributed by atoms with Gasteiger partial charge in [0.2, 0.25) is 5.91 Å². The Hall–Kier alpha value is -1.86. The van der Waals surface area contributed by atoms with Crippen molar-refractivity contribution >= 4 is 17.7 Å². The van der Waals surface area contributed by atoms with Crippen LogP contribution in [0.1, 0.15) is 31.2 Å². The third-order valence-electron chi connectivity index (χ3n) is 4.09. The second kappa shape index (κ2) is 8.49. The van der Waals surface area contributed by atoms with Crippen molar-refractivity contribution in [3.05, 3.63) is 41.7 Å². The molecule has 3 rings (SSSR count). The first kappa shape index (κ1) is 17.9. The molecule has 1 unspecified atom stereocenters. The fourth-order valence-corrected chi connectivity index (χ4v) is 3.38. The van der Waals surface area contributed by atoms with Crippen LogP contribution < -0.4 is 5.32 Å². The van der Waals surface area contributed by atoms with E-state index in [1.54, 1.807) is 7.11 Å². The van der Waals surface area contributed by atoms with Gasteiger partial charge in [-0.15, -0.1) is 10.2 Å². The predicted octanol–water partition coefficient (Wildman–Crippen LogP) is 2.27. The van der Waals surface area contributed by atoms with E-state index < -0.39 is 0 Å². The van der Waals surface area contributed by atoms with E-state index >= 15 is 0 Å². The first-order chi connectivity index (χ1) is 12.2. The summed E-state index contributed by atoms with van der Waals surface area (Å²) in [6.07, 6.45) is 2.89. The van der Waals surface area contributed by atoms with E-state index in [9.17, 15) is 4.79 Å². The third-order valence-corrected chi connectivity index (χ3v) is 5.17. The second-order valence-electron chi connectivity index (χ2n) is 6.25. The standard InChI is InChI=1S/C18H24N4O2S/c1-13(17(23)19-15-8-9-15)25-18-21-20-16(22(18)10-11-24-2)12-14-6-4-3-5-7-14/h3-7,13,15H,8-12H2,1-2H3,(H,19,23). The van der Waals surface area contributed by atoms with Gasteiger partial charge in [0.1, 0.15) is 5.82 Å². The number of thioether (sulfide) groups is 1. The Morgan fingerprint density at radius 3 is 2.80 bits per heavy atom. The summed E-state index contributed by atoms with van der Waals surface area (Å²) in [4.78, 5) is 12.2. The number of ether oxygens (including phenoxy) is 1. The molecule has 7 heteroatoms. The largest absolute Gasteiger partial charge is 0.383 e. The predicted molar refractivity (Wildman–Crippen MR) is 97.6 cm³/mol. The number of hydrogen-bond acceptors (Lipinski definition) is 5. The third kappa shape index (κ3) is 5.06. The number of nitrogens with one attached hydrogen (secondary N) is 1. The minimum Gasteiger partial charge on any atom is -0.383 e. The van der Waals surface area contributed by atoms with Gasteiger partial charge in [0.15, 0.2) is 5.16 Å². The van der Waals surface area contributed by atoms with E-state index in [1.807, 2.05) is 25.1 Å². The summed E-state index contributed by atoms with van der Waals surface area (Å²) < 4.78 is 7.28. The molecule has 1 atom stereocenters. The number of hydrogen-bond donors (Lipinski definition) is 1.